The Kier molecular flexibility index (Phi) is 12.5. The molecule has 0 unspecified atom stereocenters. The van der Waals surface area contributed by atoms with Crippen molar-refractivity contribution in [3.8, 4) is 6.07 Å². The van der Waals surface area contributed by atoms with Gasteiger partial charge >= 0.3 is 6.18 Å². The molecule has 1 aromatic heterocycles. The van der Waals surface area contributed by atoms with Crippen molar-refractivity contribution < 1.29 is 41.1 Å². The average molecular weight is 937 g/mol. The Morgan fingerprint density at radius 3 is 2.39 bits per heavy atom. The molecule has 344 valence electrons. The van der Waals surface area contributed by atoms with Gasteiger partial charge < -0.3 is 20.9 Å². The summed E-state index contributed by atoms with van der Waals surface area (Å²) >= 11 is 5.53. The van der Waals surface area contributed by atoms with Crippen LogP contribution in [0.15, 0.2) is 84.1 Å². The van der Waals surface area contributed by atoms with E-state index in [2.05, 4.69) is 31.0 Å². The molecule has 0 bridgehead atoms. The van der Waals surface area contributed by atoms with E-state index < -0.39 is 58.3 Å². The molecule has 1 saturated heterocycles. The van der Waals surface area contributed by atoms with Crippen molar-refractivity contribution in [1.82, 2.24) is 20.1 Å². The molecule has 67 heavy (non-hydrogen) atoms. The van der Waals surface area contributed by atoms with E-state index in [-0.39, 0.29) is 58.8 Å². The summed E-state index contributed by atoms with van der Waals surface area (Å²) in [6.07, 6.45) is -0.703. The van der Waals surface area contributed by atoms with Crippen LogP contribution in [0.5, 0.6) is 0 Å². The second-order valence-electron chi connectivity index (χ2n) is 16.8. The Morgan fingerprint density at radius 1 is 0.970 bits per heavy atom. The van der Waals surface area contributed by atoms with Gasteiger partial charge in [0.1, 0.15) is 35.9 Å². The van der Waals surface area contributed by atoms with Crippen LogP contribution in [0.25, 0.3) is 0 Å². The first kappa shape index (κ1) is 46.1. The number of aliphatic imine (C=N–C) groups is 1. The number of aryl methyl sites for hydroxylation is 1. The van der Waals surface area contributed by atoms with E-state index in [0.29, 0.717) is 60.2 Å². The zero-order valence-electron chi connectivity index (χ0n) is 36.2. The Labute approximate surface area is 385 Å². The van der Waals surface area contributed by atoms with E-state index in [0.717, 1.165) is 22.6 Å². The molecule has 5 aromatic rings. The maximum Gasteiger partial charge on any atom is 0.417 e. The number of carbonyl (C=O) groups excluding carboxylic acids is 4. The lowest BCUT2D eigenvalue weighted by Crippen LogP contribution is -2.44. The number of benzene rings is 4. The summed E-state index contributed by atoms with van der Waals surface area (Å²) in [7, 11) is 1.76. The minimum absolute atomic E-state index is 0.0961. The number of nitrogens with zero attached hydrogens (tertiary/aromatic N) is 7. The van der Waals surface area contributed by atoms with Crippen LogP contribution in [-0.4, -0.2) is 67.7 Å². The number of anilines is 4. The van der Waals surface area contributed by atoms with Gasteiger partial charge in [-0.2, -0.15) is 23.5 Å². The molecule has 8 rings (SSSR count). The van der Waals surface area contributed by atoms with Crippen molar-refractivity contribution in [2.45, 2.75) is 69.6 Å². The smallest absolute Gasteiger partial charge is 0.376 e. The first-order valence-corrected chi connectivity index (χ1v) is 21.6. The maximum absolute atomic E-state index is 15.5. The standard InChI is InChI=1S/C47H41F5N10O4S/c1-46(2)44(66)61(29-14-11-26(22-53)33(20-29)47(50,51)52)45(67)62(46)30-15-16-31(34(49)21-30)43(65)54-17-7-5-4-6-8-37(64)58-28-12-9-25(10-13-28)40-39(42-56-24-57-60(42)3)41-38-32(36(63)23-55-41)18-27(48)19-35(38)59-40/h9-16,18-21,24,39-40,59H,4-8,17,23H2,1-3H3,(H,54,65)(H,58,64)/t39-,40-/m1/s1. The van der Waals surface area contributed by atoms with Gasteiger partial charge in [-0.15, -0.1) is 0 Å². The number of hydrogen-bond acceptors (Lipinski definition) is 10. The van der Waals surface area contributed by atoms with Crippen molar-refractivity contribution in [2.75, 3.05) is 33.5 Å². The van der Waals surface area contributed by atoms with E-state index >= 15 is 4.39 Å². The Hall–Kier alpha value is -7.40. The third kappa shape index (κ3) is 8.86. The molecule has 3 aliphatic rings. The lowest BCUT2D eigenvalue weighted by molar-refractivity contribution is -0.137. The highest BCUT2D eigenvalue weighted by Gasteiger charge is 2.51. The molecule has 20 heteroatoms. The molecule has 0 radical (unpaired) electrons. The number of nitrogens with one attached hydrogen (secondary N) is 3. The van der Waals surface area contributed by atoms with Gasteiger partial charge in [-0.3, -0.25) is 33.8 Å². The number of thiocarbonyl (C=S) groups is 1. The molecule has 0 aliphatic carbocycles. The minimum Gasteiger partial charge on any atom is -0.376 e. The molecule has 4 heterocycles. The van der Waals surface area contributed by atoms with Gasteiger partial charge in [0.2, 0.25) is 5.91 Å². The van der Waals surface area contributed by atoms with Gasteiger partial charge in [0.25, 0.3) is 11.8 Å². The van der Waals surface area contributed by atoms with E-state index in [1.165, 1.54) is 61.5 Å². The minimum atomic E-state index is -4.87. The number of Topliss-reactive ketones (excluding diaryl/α,β-unsaturated/α-hetero) is 1. The summed E-state index contributed by atoms with van der Waals surface area (Å²) in [6.45, 7) is 3.08. The van der Waals surface area contributed by atoms with Crippen LogP contribution < -0.4 is 25.8 Å². The number of hydrogen-bond donors (Lipinski definition) is 3. The van der Waals surface area contributed by atoms with Crippen LogP contribution in [0, 0.1) is 23.0 Å². The van der Waals surface area contributed by atoms with Gasteiger partial charge in [-0.25, -0.2) is 13.8 Å². The predicted molar refractivity (Wildman–Crippen MR) is 242 cm³/mol. The molecule has 3 amide bonds. The molecular weight excluding hydrogens is 896 g/mol. The van der Waals surface area contributed by atoms with Crippen LogP contribution in [0.2, 0.25) is 0 Å². The third-order valence-corrected chi connectivity index (χ3v) is 12.4. The molecule has 3 aliphatic heterocycles. The van der Waals surface area contributed by atoms with Gasteiger partial charge in [0, 0.05) is 48.2 Å². The first-order chi connectivity index (χ1) is 31.9. The highest BCUT2D eigenvalue weighted by molar-refractivity contribution is 7.81. The number of alkyl halides is 3. The Balaban J connectivity index is 0.810. The van der Waals surface area contributed by atoms with Crippen LogP contribution in [0.1, 0.15) is 107 Å². The normalized spacial score (nSPS) is 17.4. The summed E-state index contributed by atoms with van der Waals surface area (Å²) in [4.78, 5) is 63.4. The van der Waals surface area contributed by atoms with Gasteiger partial charge in [0.15, 0.2) is 10.9 Å². The number of ketones is 1. The second-order valence-corrected chi connectivity index (χ2v) is 17.1. The van der Waals surface area contributed by atoms with Crippen molar-refractivity contribution in [2.24, 2.45) is 12.0 Å². The van der Waals surface area contributed by atoms with E-state index in [1.807, 2.05) is 12.1 Å². The maximum atomic E-state index is 15.5. The highest BCUT2D eigenvalue weighted by Crippen LogP contribution is 2.45. The summed E-state index contributed by atoms with van der Waals surface area (Å²) in [5.41, 5.74) is -0.412. The monoisotopic (exact) mass is 936 g/mol. The number of rotatable bonds is 13. The number of amides is 3. The lowest BCUT2D eigenvalue weighted by atomic mass is 9.78. The number of aromatic nitrogens is 3. The fourth-order valence-electron chi connectivity index (χ4n) is 8.68. The van der Waals surface area contributed by atoms with Crippen molar-refractivity contribution in [1.29, 1.82) is 5.26 Å². The van der Waals surface area contributed by atoms with Crippen molar-refractivity contribution >= 4 is 69.3 Å². The second kappa shape index (κ2) is 18.1. The molecule has 4 aromatic carbocycles. The quantitative estimate of drug-likeness (QED) is 0.0593. The van der Waals surface area contributed by atoms with Crippen LogP contribution >= 0.6 is 12.2 Å². The first-order valence-electron chi connectivity index (χ1n) is 21.2. The molecule has 1 fully saturated rings. The summed E-state index contributed by atoms with van der Waals surface area (Å²) in [5, 5.41) is 22.2. The van der Waals surface area contributed by atoms with Gasteiger partial charge in [0.05, 0.1) is 46.1 Å². The Morgan fingerprint density at radius 2 is 1.70 bits per heavy atom. The molecule has 0 spiro atoms. The van der Waals surface area contributed by atoms with Crippen molar-refractivity contribution in [3.63, 3.8) is 0 Å². The molecule has 0 saturated carbocycles. The van der Waals surface area contributed by atoms with Gasteiger partial charge in [-0.1, -0.05) is 25.0 Å². The van der Waals surface area contributed by atoms with Crippen molar-refractivity contribution in [3.05, 3.63) is 130 Å². The number of unbranched alkanes of at least 4 members (excludes halogenated alkanes) is 3. The summed E-state index contributed by atoms with van der Waals surface area (Å²) in [6, 6.07) is 17.3. The Bertz CT molecular complexity index is 2930. The van der Waals surface area contributed by atoms with E-state index in [9.17, 15) is 42.0 Å². The molecule has 14 nitrogen and oxygen atoms in total. The zero-order chi connectivity index (χ0) is 47.9. The average Bonchev–Trinajstić information content (AvgIpc) is 3.78. The number of nitriles is 1. The zero-order valence-corrected chi connectivity index (χ0v) is 37.0. The molecule has 2 atom stereocenters. The topological polar surface area (TPSA) is 178 Å². The third-order valence-electron chi connectivity index (χ3n) is 12.0. The largest absolute Gasteiger partial charge is 0.417 e. The lowest BCUT2D eigenvalue weighted by Gasteiger charge is -2.37. The SMILES string of the molecule is Cn1ncnc1[C@H]1C2=NCC(=O)c3cc(F)cc(c32)N[C@@H]1c1ccc(NC(=O)CCCCCCNC(=O)c2ccc(N3C(=S)N(c4ccc(C#N)c(C(F)(F)F)c4)C(=O)C3(C)C)cc2F)cc1. The van der Waals surface area contributed by atoms with Crippen LogP contribution in [0.3, 0.4) is 0 Å². The van der Waals surface area contributed by atoms with Gasteiger partial charge in [-0.05, 0) is 105 Å². The fourth-order valence-corrected chi connectivity index (χ4v) is 9.20. The van der Waals surface area contributed by atoms with Crippen LogP contribution in [-0.2, 0) is 22.8 Å². The molecular formula is C47H41F5N10O4S. The number of carbonyl (C=O) groups is 4. The van der Waals surface area contributed by atoms with E-state index in [4.69, 9.17) is 12.2 Å². The predicted octanol–water partition coefficient (Wildman–Crippen LogP) is 8.16. The fraction of sp³-hybridized carbons (Fsp3) is 0.298. The highest BCUT2D eigenvalue weighted by atomic mass is 32.1. The van der Waals surface area contributed by atoms with Crippen LogP contribution in [0.4, 0.5) is 44.7 Å². The summed E-state index contributed by atoms with van der Waals surface area (Å²) in [5.74, 6) is -3.11. The molecule has 3 N–H and O–H groups in total. The summed E-state index contributed by atoms with van der Waals surface area (Å²) < 4.78 is 72.9. The number of halogens is 5. The van der Waals surface area contributed by atoms with E-state index in [1.54, 1.807) is 23.9 Å².